The van der Waals surface area contributed by atoms with Crippen LogP contribution in [0, 0.1) is 17.1 Å². The Hall–Kier alpha value is -1.08. The first-order chi connectivity index (χ1) is 6.38. The number of benzene rings is 1. The molecular formula is C10H9BrFNO. The number of hydrogen-bond acceptors (Lipinski definition) is 2. The van der Waals surface area contributed by atoms with Gasteiger partial charge in [-0.15, -0.1) is 0 Å². The Kier molecular flexibility index (Phi) is 2.81. The third kappa shape index (κ3) is 1.88. The van der Waals surface area contributed by atoms with Crippen LogP contribution in [0.4, 0.5) is 4.39 Å². The van der Waals surface area contributed by atoms with E-state index in [0.717, 1.165) is 6.07 Å². The summed E-state index contributed by atoms with van der Waals surface area (Å²) in [7, 11) is 0. The lowest BCUT2D eigenvalue weighted by Crippen LogP contribution is -2.14. The molecule has 0 heterocycles. The Labute approximate surface area is 90.1 Å². The second kappa shape index (κ2) is 3.58. The monoisotopic (exact) mass is 257 g/mol. The van der Waals surface area contributed by atoms with Gasteiger partial charge in [0.1, 0.15) is 11.6 Å². The van der Waals surface area contributed by atoms with Crippen LogP contribution in [0.15, 0.2) is 16.6 Å². The summed E-state index contributed by atoms with van der Waals surface area (Å²) in [5, 5.41) is 18.5. The molecule has 1 aromatic rings. The van der Waals surface area contributed by atoms with Crippen molar-refractivity contribution in [2.24, 2.45) is 0 Å². The summed E-state index contributed by atoms with van der Waals surface area (Å²) >= 11 is 3.02. The molecule has 74 valence electrons. The number of hydrogen-bond donors (Lipinski definition) is 1. The SMILES string of the molecule is CC(C)(C#N)c1cc(F)cc(Br)c1O. The number of nitriles is 1. The van der Waals surface area contributed by atoms with E-state index >= 15 is 0 Å². The molecule has 14 heavy (non-hydrogen) atoms. The first-order valence-corrected chi connectivity index (χ1v) is 4.77. The highest BCUT2D eigenvalue weighted by Gasteiger charge is 2.25. The Balaban J connectivity index is 3.44. The standard InChI is InChI=1S/C10H9BrFNO/c1-10(2,5-13)7-3-6(12)4-8(11)9(7)14/h3-4,14H,1-2H3. The van der Waals surface area contributed by atoms with Crippen LogP contribution < -0.4 is 0 Å². The fraction of sp³-hybridized carbons (Fsp3) is 0.300. The third-order valence-electron chi connectivity index (χ3n) is 1.98. The van der Waals surface area contributed by atoms with E-state index in [9.17, 15) is 9.50 Å². The van der Waals surface area contributed by atoms with Crippen molar-refractivity contribution in [3.05, 3.63) is 28.0 Å². The minimum atomic E-state index is -0.908. The van der Waals surface area contributed by atoms with Gasteiger partial charge in [0.25, 0.3) is 0 Å². The van der Waals surface area contributed by atoms with Crippen molar-refractivity contribution in [2.45, 2.75) is 19.3 Å². The van der Waals surface area contributed by atoms with E-state index in [1.807, 2.05) is 6.07 Å². The van der Waals surface area contributed by atoms with Gasteiger partial charge in [0.15, 0.2) is 0 Å². The molecule has 0 saturated heterocycles. The molecule has 4 heteroatoms. The van der Waals surface area contributed by atoms with Gasteiger partial charge >= 0.3 is 0 Å². The molecule has 0 aliphatic carbocycles. The van der Waals surface area contributed by atoms with Gasteiger partial charge < -0.3 is 5.11 Å². The van der Waals surface area contributed by atoms with E-state index in [1.165, 1.54) is 6.07 Å². The highest BCUT2D eigenvalue weighted by molar-refractivity contribution is 9.10. The van der Waals surface area contributed by atoms with Gasteiger partial charge in [0.05, 0.1) is 16.0 Å². The molecule has 0 saturated carbocycles. The zero-order valence-electron chi connectivity index (χ0n) is 7.81. The lowest BCUT2D eigenvalue weighted by Gasteiger charge is -2.17. The first kappa shape index (κ1) is 11.0. The minimum Gasteiger partial charge on any atom is -0.506 e. The smallest absolute Gasteiger partial charge is 0.134 e. The van der Waals surface area contributed by atoms with Crippen molar-refractivity contribution in [2.75, 3.05) is 0 Å². The molecule has 0 unspecified atom stereocenters. The molecule has 0 aliphatic heterocycles. The van der Waals surface area contributed by atoms with Crippen LogP contribution in [0.3, 0.4) is 0 Å². The quantitative estimate of drug-likeness (QED) is 0.841. The van der Waals surface area contributed by atoms with E-state index in [1.54, 1.807) is 13.8 Å². The number of aromatic hydroxyl groups is 1. The third-order valence-corrected chi connectivity index (χ3v) is 2.59. The van der Waals surface area contributed by atoms with E-state index < -0.39 is 11.2 Å². The Morgan fingerprint density at radius 1 is 1.50 bits per heavy atom. The summed E-state index contributed by atoms with van der Waals surface area (Å²) in [6, 6.07) is 4.33. The first-order valence-electron chi connectivity index (χ1n) is 3.98. The lowest BCUT2D eigenvalue weighted by molar-refractivity contribution is 0.450. The predicted octanol–water partition coefficient (Wildman–Crippen LogP) is 3.09. The topological polar surface area (TPSA) is 44.0 Å². The van der Waals surface area contributed by atoms with Gasteiger partial charge in [0, 0.05) is 5.56 Å². The fourth-order valence-electron chi connectivity index (χ4n) is 1.10. The largest absolute Gasteiger partial charge is 0.506 e. The van der Waals surface area contributed by atoms with E-state index in [4.69, 9.17) is 5.26 Å². The van der Waals surface area contributed by atoms with Crippen LogP contribution in [0.1, 0.15) is 19.4 Å². The van der Waals surface area contributed by atoms with Crippen LogP contribution in [0.25, 0.3) is 0 Å². The lowest BCUT2D eigenvalue weighted by atomic mass is 9.86. The predicted molar refractivity (Wildman–Crippen MR) is 54.4 cm³/mol. The van der Waals surface area contributed by atoms with E-state index in [-0.39, 0.29) is 15.8 Å². The molecule has 0 fully saturated rings. The Morgan fingerprint density at radius 2 is 2.07 bits per heavy atom. The Morgan fingerprint density at radius 3 is 2.57 bits per heavy atom. The molecule has 0 aromatic heterocycles. The maximum Gasteiger partial charge on any atom is 0.134 e. The van der Waals surface area contributed by atoms with Crippen molar-refractivity contribution >= 4 is 15.9 Å². The molecule has 1 aromatic carbocycles. The maximum absolute atomic E-state index is 13.0. The van der Waals surface area contributed by atoms with Gasteiger partial charge in [-0.2, -0.15) is 5.26 Å². The van der Waals surface area contributed by atoms with Crippen LogP contribution in [0.2, 0.25) is 0 Å². The van der Waals surface area contributed by atoms with Crippen molar-refractivity contribution in [1.29, 1.82) is 5.26 Å². The molecule has 0 atom stereocenters. The molecule has 0 bridgehead atoms. The molecule has 0 aliphatic rings. The second-order valence-corrected chi connectivity index (χ2v) is 4.37. The van der Waals surface area contributed by atoms with Crippen LogP contribution >= 0.6 is 15.9 Å². The normalized spacial score (nSPS) is 11.1. The maximum atomic E-state index is 13.0. The van der Waals surface area contributed by atoms with Crippen LogP contribution in [-0.4, -0.2) is 5.11 Å². The number of phenolic OH excluding ortho intramolecular Hbond substituents is 1. The fourth-order valence-corrected chi connectivity index (χ4v) is 1.53. The summed E-state index contributed by atoms with van der Waals surface area (Å²) in [4.78, 5) is 0. The minimum absolute atomic E-state index is 0.0852. The van der Waals surface area contributed by atoms with Crippen molar-refractivity contribution in [3.8, 4) is 11.8 Å². The molecule has 0 radical (unpaired) electrons. The molecule has 0 spiro atoms. The van der Waals surface area contributed by atoms with Gasteiger partial charge in [-0.3, -0.25) is 0 Å². The van der Waals surface area contributed by atoms with Gasteiger partial charge in [-0.1, -0.05) is 0 Å². The molecule has 1 N–H and O–H groups in total. The van der Waals surface area contributed by atoms with Crippen LogP contribution in [-0.2, 0) is 5.41 Å². The van der Waals surface area contributed by atoms with Crippen LogP contribution in [0.5, 0.6) is 5.75 Å². The number of rotatable bonds is 1. The molecule has 1 rings (SSSR count). The second-order valence-electron chi connectivity index (χ2n) is 3.52. The molecule has 2 nitrogen and oxygen atoms in total. The number of halogens is 2. The Bertz CT molecular complexity index is 409. The van der Waals surface area contributed by atoms with E-state index in [0.29, 0.717) is 0 Å². The van der Waals surface area contributed by atoms with Crippen molar-refractivity contribution in [3.63, 3.8) is 0 Å². The molecular weight excluding hydrogens is 249 g/mol. The van der Waals surface area contributed by atoms with Crippen molar-refractivity contribution in [1.82, 2.24) is 0 Å². The highest BCUT2D eigenvalue weighted by Crippen LogP contribution is 2.36. The summed E-state index contributed by atoms with van der Waals surface area (Å²) < 4.78 is 13.3. The van der Waals surface area contributed by atoms with Gasteiger partial charge in [-0.25, -0.2) is 4.39 Å². The average Bonchev–Trinajstić information content (AvgIpc) is 2.11. The summed E-state index contributed by atoms with van der Waals surface area (Å²) in [5.41, 5.74) is -0.624. The number of phenols is 1. The zero-order chi connectivity index (χ0) is 10.9. The number of nitrogens with zero attached hydrogens (tertiary/aromatic N) is 1. The van der Waals surface area contributed by atoms with Crippen molar-refractivity contribution < 1.29 is 9.50 Å². The molecule has 0 amide bonds. The highest BCUT2D eigenvalue weighted by atomic mass is 79.9. The average molecular weight is 258 g/mol. The summed E-state index contributed by atoms with van der Waals surface area (Å²) in [6.07, 6.45) is 0. The summed E-state index contributed by atoms with van der Waals surface area (Å²) in [5.74, 6) is -0.564. The van der Waals surface area contributed by atoms with E-state index in [2.05, 4.69) is 15.9 Å². The zero-order valence-corrected chi connectivity index (χ0v) is 9.39. The van der Waals surface area contributed by atoms with Gasteiger partial charge in [0.2, 0.25) is 0 Å². The summed E-state index contributed by atoms with van der Waals surface area (Å²) in [6.45, 7) is 3.24. The van der Waals surface area contributed by atoms with Gasteiger partial charge in [-0.05, 0) is 41.9 Å².